The van der Waals surface area contributed by atoms with E-state index in [-0.39, 0.29) is 0 Å². The molecule has 1 saturated heterocycles. The van der Waals surface area contributed by atoms with Gasteiger partial charge in [0, 0.05) is 25.3 Å². The van der Waals surface area contributed by atoms with Crippen molar-refractivity contribution in [2.24, 2.45) is 11.1 Å². The molecule has 94 valence electrons. The lowest BCUT2D eigenvalue weighted by Crippen LogP contribution is -2.27. The summed E-state index contributed by atoms with van der Waals surface area (Å²) < 4.78 is 0. The number of hydrogen-bond donors (Lipinski definition) is 1. The molecule has 2 nitrogen and oxygen atoms in total. The Kier molecular flexibility index (Phi) is 3.72. The Bertz CT molecular complexity index is 369. The molecule has 1 fully saturated rings. The summed E-state index contributed by atoms with van der Waals surface area (Å²) in [5.41, 5.74) is 8.97. The molecule has 0 aliphatic carbocycles. The summed E-state index contributed by atoms with van der Waals surface area (Å²) >= 11 is 0. The minimum absolute atomic E-state index is 0.529. The van der Waals surface area contributed by atoms with Gasteiger partial charge in [0.1, 0.15) is 0 Å². The monoisotopic (exact) mass is 232 g/mol. The molecule has 1 aliphatic heterocycles. The molecule has 1 heterocycles. The first-order valence-electron chi connectivity index (χ1n) is 6.77. The second-order valence-electron chi connectivity index (χ2n) is 5.21. The van der Waals surface area contributed by atoms with Gasteiger partial charge < -0.3 is 10.6 Å². The van der Waals surface area contributed by atoms with E-state index >= 15 is 0 Å². The van der Waals surface area contributed by atoms with Gasteiger partial charge in [0.25, 0.3) is 0 Å². The van der Waals surface area contributed by atoms with Crippen LogP contribution in [-0.4, -0.2) is 13.1 Å². The first kappa shape index (κ1) is 12.4. The summed E-state index contributed by atoms with van der Waals surface area (Å²) in [5.74, 6) is 0. The van der Waals surface area contributed by atoms with Crippen LogP contribution in [0.2, 0.25) is 0 Å². The summed E-state index contributed by atoms with van der Waals surface area (Å²) in [5, 5.41) is 0. The van der Waals surface area contributed by atoms with Crippen LogP contribution in [0, 0.1) is 5.41 Å². The summed E-state index contributed by atoms with van der Waals surface area (Å²) in [4.78, 5) is 2.52. The van der Waals surface area contributed by atoms with Gasteiger partial charge in [0.15, 0.2) is 0 Å². The topological polar surface area (TPSA) is 29.3 Å². The highest BCUT2D eigenvalue weighted by molar-refractivity contribution is 5.54. The second kappa shape index (κ2) is 5.09. The van der Waals surface area contributed by atoms with Crippen molar-refractivity contribution in [3.05, 3.63) is 29.8 Å². The second-order valence-corrected chi connectivity index (χ2v) is 5.21. The van der Waals surface area contributed by atoms with E-state index in [1.54, 1.807) is 0 Å². The quantitative estimate of drug-likeness (QED) is 0.864. The smallest absolute Gasteiger partial charge is 0.0411 e. The van der Waals surface area contributed by atoms with Crippen molar-refractivity contribution in [3.8, 4) is 0 Å². The van der Waals surface area contributed by atoms with Crippen LogP contribution in [0.25, 0.3) is 0 Å². The lowest BCUT2D eigenvalue weighted by atomic mass is 9.82. The number of benzene rings is 1. The fourth-order valence-corrected chi connectivity index (χ4v) is 2.96. The van der Waals surface area contributed by atoms with E-state index < -0.39 is 0 Å². The maximum atomic E-state index is 5.82. The minimum atomic E-state index is 0.529. The van der Waals surface area contributed by atoms with Crippen molar-refractivity contribution in [2.45, 2.75) is 39.7 Å². The van der Waals surface area contributed by atoms with Crippen LogP contribution in [0.3, 0.4) is 0 Å². The number of nitrogens with two attached hydrogens (primary N) is 1. The van der Waals surface area contributed by atoms with Gasteiger partial charge in [-0.1, -0.05) is 32.0 Å². The summed E-state index contributed by atoms with van der Waals surface area (Å²) in [6.07, 6.45) is 3.88. The van der Waals surface area contributed by atoms with E-state index in [1.165, 1.54) is 43.6 Å². The predicted molar refractivity (Wildman–Crippen MR) is 74.2 cm³/mol. The maximum absolute atomic E-state index is 5.82. The van der Waals surface area contributed by atoms with E-state index in [1.807, 2.05) is 0 Å². The Morgan fingerprint density at radius 1 is 1.24 bits per heavy atom. The molecule has 0 aromatic heterocycles. The zero-order valence-corrected chi connectivity index (χ0v) is 11.1. The number of hydrogen-bond acceptors (Lipinski definition) is 2. The van der Waals surface area contributed by atoms with Crippen LogP contribution in [0.1, 0.15) is 38.7 Å². The molecular weight excluding hydrogens is 208 g/mol. The number of para-hydroxylation sites is 1. The van der Waals surface area contributed by atoms with Gasteiger partial charge in [0.2, 0.25) is 0 Å². The van der Waals surface area contributed by atoms with Crippen LogP contribution >= 0.6 is 0 Å². The third-order valence-corrected chi connectivity index (χ3v) is 4.49. The highest BCUT2D eigenvalue weighted by Gasteiger charge is 2.35. The molecule has 0 spiro atoms. The summed E-state index contributed by atoms with van der Waals surface area (Å²) in [6.45, 7) is 7.65. The van der Waals surface area contributed by atoms with E-state index in [0.717, 1.165) is 0 Å². The molecule has 1 aromatic rings. The fourth-order valence-electron chi connectivity index (χ4n) is 2.96. The van der Waals surface area contributed by atoms with E-state index in [4.69, 9.17) is 5.73 Å². The van der Waals surface area contributed by atoms with Crippen molar-refractivity contribution in [2.75, 3.05) is 18.0 Å². The summed E-state index contributed by atoms with van der Waals surface area (Å²) in [7, 11) is 0. The zero-order chi connectivity index (χ0) is 12.3. The molecule has 2 rings (SSSR count). The number of nitrogens with zero attached hydrogens (tertiary/aromatic N) is 1. The van der Waals surface area contributed by atoms with Crippen molar-refractivity contribution >= 4 is 5.69 Å². The van der Waals surface area contributed by atoms with Crippen LogP contribution in [0.15, 0.2) is 24.3 Å². The Hall–Kier alpha value is -1.02. The molecule has 2 N–H and O–H groups in total. The van der Waals surface area contributed by atoms with Gasteiger partial charge in [-0.15, -0.1) is 0 Å². The Balaban J connectivity index is 2.20. The SMILES string of the molecule is CCC1(CC)CCN(c2ccccc2CN)C1. The highest BCUT2D eigenvalue weighted by atomic mass is 15.2. The summed E-state index contributed by atoms with van der Waals surface area (Å²) in [6, 6.07) is 8.55. The van der Waals surface area contributed by atoms with Gasteiger partial charge in [-0.05, 0) is 36.3 Å². The van der Waals surface area contributed by atoms with Crippen LogP contribution in [0.4, 0.5) is 5.69 Å². The normalized spacial score (nSPS) is 18.6. The third-order valence-electron chi connectivity index (χ3n) is 4.49. The lowest BCUT2D eigenvalue weighted by molar-refractivity contribution is 0.301. The van der Waals surface area contributed by atoms with Gasteiger partial charge in [-0.3, -0.25) is 0 Å². The molecular formula is C15H24N2. The van der Waals surface area contributed by atoms with E-state index in [2.05, 4.69) is 43.0 Å². The van der Waals surface area contributed by atoms with Crippen LogP contribution < -0.4 is 10.6 Å². The minimum Gasteiger partial charge on any atom is -0.371 e. The first-order chi connectivity index (χ1) is 8.24. The lowest BCUT2D eigenvalue weighted by Gasteiger charge is -2.28. The van der Waals surface area contributed by atoms with Crippen LogP contribution in [0.5, 0.6) is 0 Å². The average Bonchev–Trinajstić information content (AvgIpc) is 2.83. The Morgan fingerprint density at radius 2 is 1.94 bits per heavy atom. The van der Waals surface area contributed by atoms with Crippen molar-refractivity contribution < 1.29 is 0 Å². The molecule has 1 aliphatic rings. The van der Waals surface area contributed by atoms with E-state index in [0.29, 0.717) is 12.0 Å². The van der Waals surface area contributed by atoms with Crippen molar-refractivity contribution in [3.63, 3.8) is 0 Å². The molecule has 0 atom stereocenters. The van der Waals surface area contributed by atoms with Crippen LogP contribution in [-0.2, 0) is 6.54 Å². The van der Waals surface area contributed by atoms with Crippen molar-refractivity contribution in [1.29, 1.82) is 0 Å². The molecule has 2 heteroatoms. The average molecular weight is 232 g/mol. The molecule has 0 radical (unpaired) electrons. The van der Waals surface area contributed by atoms with Gasteiger partial charge in [-0.2, -0.15) is 0 Å². The molecule has 17 heavy (non-hydrogen) atoms. The Labute approximate surface area is 105 Å². The molecule has 1 aromatic carbocycles. The Morgan fingerprint density at radius 3 is 2.53 bits per heavy atom. The standard InChI is InChI=1S/C15H24N2/c1-3-15(4-2)9-10-17(12-15)14-8-6-5-7-13(14)11-16/h5-8H,3-4,9-12,16H2,1-2H3. The number of anilines is 1. The van der Waals surface area contributed by atoms with Gasteiger partial charge in [0.05, 0.1) is 0 Å². The maximum Gasteiger partial charge on any atom is 0.0411 e. The molecule has 0 saturated carbocycles. The largest absolute Gasteiger partial charge is 0.371 e. The number of rotatable bonds is 4. The predicted octanol–water partition coefficient (Wildman–Crippen LogP) is 3.16. The molecule has 0 unspecified atom stereocenters. The van der Waals surface area contributed by atoms with E-state index in [9.17, 15) is 0 Å². The van der Waals surface area contributed by atoms with Gasteiger partial charge >= 0.3 is 0 Å². The van der Waals surface area contributed by atoms with Crippen molar-refractivity contribution in [1.82, 2.24) is 0 Å². The highest BCUT2D eigenvalue weighted by Crippen LogP contribution is 2.39. The van der Waals surface area contributed by atoms with Gasteiger partial charge in [-0.25, -0.2) is 0 Å². The molecule has 0 amide bonds. The fraction of sp³-hybridized carbons (Fsp3) is 0.600. The third kappa shape index (κ3) is 2.32. The first-order valence-corrected chi connectivity index (χ1v) is 6.77. The molecule has 0 bridgehead atoms. The zero-order valence-electron chi connectivity index (χ0n) is 11.1.